The Morgan fingerprint density at radius 2 is 1.87 bits per heavy atom. The van der Waals surface area contributed by atoms with Gasteiger partial charge in [0.2, 0.25) is 6.23 Å². The molecule has 2 aliphatic rings. The fourth-order valence-corrected chi connectivity index (χ4v) is 4.47. The van der Waals surface area contributed by atoms with E-state index in [9.17, 15) is 0 Å². The van der Waals surface area contributed by atoms with E-state index >= 15 is 0 Å². The first kappa shape index (κ1) is 20.1. The molecule has 0 radical (unpaired) electrons. The van der Waals surface area contributed by atoms with Gasteiger partial charge in [-0.2, -0.15) is 5.10 Å². The lowest BCUT2D eigenvalue weighted by atomic mass is 9.95. The molecule has 31 heavy (non-hydrogen) atoms. The summed E-state index contributed by atoms with van der Waals surface area (Å²) in [7, 11) is 0. The molecule has 0 aromatic heterocycles. The van der Waals surface area contributed by atoms with E-state index in [4.69, 9.17) is 19.7 Å². The number of benzene rings is 3. The van der Waals surface area contributed by atoms with Crippen molar-refractivity contribution >= 4 is 21.6 Å². The van der Waals surface area contributed by atoms with Crippen LogP contribution < -0.4 is 9.47 Å². The molecule has 0 bridgehead atoms. The van der Waals surface area contributed by atoms with Gasteiger partial charge in [0.1, 0.15) is 18.1 Å². The number of rotatable bonds is 5. The molecular weight excluding hydrogens is 456 g/mol. The minimum absolute atomic E-state index is 0.00814. The van der Waals surface area contributed by atoms with E-state index in [1.807, 2.05) is 36.4 Å². The van der Waals surface area contributed by atoms with Crippen LogP contribution in [0.15, 0.2) is 76.3 Å². The zero-order valence-corrected chi connectivity index (χ0v) is 18.7. The third kappa shape index (κ3) is 3.93. The van der Waals surface area contributed by atoms with Crippen LogP contribution in [0.25, 0.3) is 0 Å². The summed E-state index contributed by atoms with van der Waals surface area (Å²) < 4.78 is 13.0. The number of halogens is 1. The number of nitrogens with zero attached hydrogens (tertiary/aromatic N) is 2. The van der Waals surface area contributed by atoms with Gasteiger partial charge in [-0.3, -0.25) is 0 Å². The largest absolute Gasteiger partial charge is 0.491 e. The van der Waals surface area contributed by atoms with E-state index in [1.54, 1.807) is 0 Å². The predicted molar refractivity (Wildman–Crippen MR) is 123 cm³/mol. The van der Waals surface area contributed by atoms with Crippen LogP contribution in [0.4, 0.5) is 0 Å². The van der Waals surface area contributed by atoms with Crippen molar-refractivity contribution in [2.75, 3.05) is 13.2 Å². The molecule has 5 nitrogen and oxygen atoms in total. The lowest BCUT2D eigenvalue weighted by Gasteiger charge is -2.38. The van der Waals surface area contributed by atoms with Crippen LogP contribution in [0.3, 0.4) is 0 Å². The van der Waals surface area contributed by atoms with Gasteiger partial charge in [-0.05, 0) is 55.0 Å². The fraction of sp³-hybridized carbons (Fsp3) is 0.240. The van der Waals surface area contributed by atoms with Crippen molar-refractivity contribution in [3.8, 4) is 11.5 Å². The van der Waals surface area contributed by atoms with Crippen molar-refractivity contribution in [2.45, 2.75) is 25.6 Å². The van der Waals surface area contributed by atoms with Crippen molar-refractivity contribution in [1.29, 1.82) is 0 Å². The van der Waals surface area contributed by atoms with Gasteiger partial charge in [0.15, 0.2) is 0 Å². The Morgan fingerprint density at radius 3 is 2.61 bits per heavy atom. The Balaban J connectivity index is 1.52. The number of hydrogen-bond donors (Lipinski definition) is 1. The highest BCUT2D eigenvalue weighted by Gasteiger charge is 2.41. The maximum atomic E-state index is 8.97. The molecule has 0 spiro atoms. The molecule has 0 saturated carbocycles. The summed E-state index contributed by atoms with van der Waals surface area (Å²) in [6.07, 6.45) is 0.498. The van der Waals surface area contributed by atoms with Gasteiger partial charge < -0.3 is 14.6 Å². The van der Waals surface area contributed by atoms with Crippen LogP contribution in [-0.2, 0) is 0 Å². The topological polar surface area (TPSA) is 54.3 Å². The van der Waals surface area contributed by atoms with Gasteiger partial charge in [-0.25, -0.2) is 5.01 Å². The minimum atomic E-state index is -0.325. The van der Waals surface area contributed by atoms with Crippen LogP contribution in [0.1, 0.15) is 40.9 Å². The van der Waals surface area contributed by atoms with Gasteiger partial charge in [0, 0.05) is 22.0 Å². The second-order valence-corrected chi connectivity index (χ2v) is 8.72. The summed E-state index contributed by atoms with van der Waals surface area (Å²) >= 11 is 3.60. The number of aryl methyl sites for hydroxylation is 1. The summed E-state index contributed by atoms with van der Waals surface area (Å²) in [5.41, 5.74) is 5.58. The minimum Gasteiger partial charge on any atom is -0.491 e. The molecule has 0 aliphatic carbocycles. The molecule has 3 aromatic carbocycles. The number of hydrazone groups is 1. The lowest BCUT2D eigenvalue weighted by Crippen LogP contribution is -2.33. The summed E-state index contributed by atoms with van der Waals surface area (Å²) in [5, 5.41) is 16.1. The monoisotopic (exact) mass is 478 g/mol. The summed E-state index contributed by atoms with van der Waals surface area (Å²) in [4.78, 5) is 0. The summed E-state index contributed by atoms with van der Waals surface area (Å²) in [5.74, 6) is 1.61. The zero-order chi connectivity index (χ0) is 21.4. The van der Waals surface area contributed by atoms with E-state index in [2.05, 4.69) is 58.2 Å². The molecule has 0 amide bonds. The van der Waals surface area contributed by atoms with Gasteiger partial charge in [-0.15, -0.1) is 0 Å². The Morgan fingerprint density at radius 1 is 1.10 bits per heavy atom. The van der Waals surface area contributed by atoms with Crippen LogP contribution in [0.5, 0.6) is 11.5 Å². The number of ether oxygens (including phenoxy) is 2. The van der Waals surface area contributed by atoms with Crippen molar-refractivity contribution in [3.05, 3.63) is 93.5 Å². The normalized spacial score (nSPS) is 19.3. The molecular formula is C25H23BrN2O3. The molecule has 6 heteroatoms. The van der Waals surface area contributed by atoms with Crippen LogP contribution in [-0.4, -0.2) is 29.0 Å². The van der Waals surface area contributed by atoms with E-state index in [0.29, 0.717) is 0 Å². The molecule has 1 N–H and O–H groups in total. The second kappa shape index (κ2) is 8.36. The fourth-order valence-electron chi connectivity index (χ4n) is 4.09. The Hall–Kier alpha value is -2.83. The van der Waals surface area contributed by atoms with Crippen molar-refractivity contribution in [2.24, 2.45) is 5.10 Å². The van der Waals surface area contributed by atoms with Crippen LogP contribution in [0, 0.1) is 6.92 Å². The third-order valence-corrected chi connectivity index (χ3v) is 6.16. The number of aliphatic hydroxyl groups is 1. The van der Waals surface area contributed by atoms with Crippen molar-refractivity contribution in [1.82, 2.24) is 5.01 Å². The molecule has 158 valence electrons. The first-order chi connectivity index (χ1) is 15.1. The highest BCUT2D eigenvalue weighted by molar-refractivity contribution is 9.10. The molecule has 2 atom stereocenters. The SMILES string of the molecule is Cc1ccc(C2=NN3[C@@H](c4ccc(OCCO)cc4)Oc4ccc(Br)cc4[C@@H]3C2)cc1. The second-order valence-electron chi connectivity index (χ2n) is 7.81. The third-order valence-electron chi connectivity index (χ3n) is 5.66. The van der Waals surface area contributed by atoms with E-state index < -0.39 is 0 Å². The molecule has 0 unspecified atom stereocenters. The van der Waals surface area contributed by atoms with E-state index in [-0.39, 0.29) is 25.5 Å². The first-order valence-corrected chi connectivity index (χ1v) is 11.1. The molecule has 3 aromatic rings. The molecule has 2 heterocycles. The maximum absolute atomic E-state index is 8.97. The zero-order valence-electron chi connectivity index (χ0n) is 17.2. The standard InChI is InChI=1S/C25H23BrN2O3/c1-16-2-4-17(5-3-16)22-15-23-21-14-19(26)8-11-24(21)31-25(28(23)27-22)18-6-9-20(10-7-18)30-13-12-29/h2-11,14,23,25,29H,12-13,15H2,1H3/t23-,25+/m0/s1. The Kier molecular flexibility index (Phi) is 5.42. The Bertz CT molecular complexity index is 1110. The van der Waals surface area contributed by atoms with Gasteiger partial charge in [-0.1, -0.05) is 45.8 Å². The smallest absolute Gasteiger partial charge is 0.213 e. The van der Waals surface area contributed by atoms with Gasteiger partial charge in [0.05, 0.1) is 18.4 Å². The first-order valence-electron chi connectivity index (χ1n) is 10.3. The number of fused-ring (bicyclic) bond motifs is 3. The highest BCUT2D eigenvalue weighted by Crippen LogP contribution is 2.48. The average molecular weight is 479 g/mol. The molecule has 0 saturated heterocycles. The molecule has 5 rings (SSSR count). The van der Waals surface area contributed by atoms with Crippen LogP contribution >= 0.6 is 15.9 Å². The summed E-state index contributed by atoms with van der Waals surface area (Å²) in [6.45, 7) is 2.36. The van der Waals surface area contributed by atoms with E-state index in [0.717, 1.165) is 44.8 Å². The van der Waals surface area contributed by atoms with Gasteiger partial charge in [0.25, 0.3) is 0 Å². The quantitative estimate of drug-likeness (QED) is 0.535. The molecule has 0 fully saturated rings. The maximum Gasteiger partial charge on any atom is 0.213 e. The average Bonchev–Trinajstić information content (AvgIpc) is 3.24. The lowest BCUT2D eigenvalue weighted by molar-refractivity contribution is -0.0191. The number of aliphatic hydroxyl groups excluding tert-OH is 1. The van der Waals surface area contributed by atoms with Crippen molar-refractivity contribution < 1.29 is 14.6 Å². The number of hydrogen-bond acceptors (Lipinski definition) is 5. The predicted octanol–water partition coefficient (Wildman–Crippen LogP) is 5.37. The summed E-state index contributed by atoms with van der Waals surface area (Å²) in [6, 6.07) is 22.6. The van der Waals surface area contributed by atoms with Crippen LogP contribution in [0.2, 0.25) is 0 Å². The Labute approximate surface area is 190 Å². The van der Waals surface area contributed by atoms with E-state index in [1.165, 1.54) is 5.56 Å². The van der Waals surface area contributed by atoms with Crippen molar-refractivity contribution in [3.63, 3.8) is 0 Å². The van der Waals surface area contributed by atoms with Gasteiger partial charge >= 0.3 is 0 Å². The highest BCUT2D eigenvalue weighted by atomic mass is 79.9. The molecule has 2 aliphatic heterocycles.